The largest absolute Gasteiger partial charge is 0.341 e. The number of thiazole rings is 1. The Balaban J connectivity index is 1.69. The summed E-state index contributed by atoms with van der Waals surface area (Å²) in [6.07, 6.45) is 0. The molecule has 1 aliphatic rings. The van der Waals surface area contributed by atoms with E-state index in [0.717, 1.165) is 15.8 Å². The number of carbonyl (C=O) groups excluding carboxylic acids is 2. The maximum atomic E-state index is 12.0. The average molecular weight is 289 g/mol. The number of carbonyl (C=O) groups is 2. The van der Waals surface area contributed by atoms with E-state index in [9.17, 15) is 9.59 Å². The summed E-state index contributed by atoms with van der Waals surface area (Å²) in [6.45, 7) is 4.53. The Bertz CT molecular complexity index is 689. The summed E-state index contributed by atoms with van der Waals surface area (Å²) in [6, 6.07) is 5.99. The van der Waals surface area contributed by atoms with Crippen LogP contribution in [0.1, 0.15) is 12.5 Å². The molecular weight excluding hydrogens is 274 g/mol. The molecular formula is C14H15N3O2S. The van der Waals surface area contributed by atoms with E-state index < -0.39 is 0 Å². The summed E-state index contributed by atoms with van der Waals surface area (Å²) < 4.78 is 1.07. The van der Waals surface area contributed by atoms with Crippen LogP contribution in [0.25, 0.3) is 10.2 Å². The van der Waals surface area contributed by atoms with E-state index in [1.54, 1.807) is 4.90 Å². The number of hydrogen-bond donors (Lipinski definition) is 1. The van der Waals surface area contributed by atoms with Crippen molar-refractivity contribution < 1.29 is 9.59 Å². The van der Waals surface area contributed by atoms with Crippen molar-refractivity contribution in [1.82, 2.24) is 9.88 Å². The van der Waals surface area contributed by atoms with E-state index in [2.05, 4.69) is 10.3 Å². The minimum absolute atomic E-state index is 0.0182. The van der Waals surface area contributed by atoms with E-state index in [1.807, 2.05) is 25.1 Å². The quantitative estimate of drug-likeness (QED) is 0.920. The highest BCUT2D eigenvalue weighted by molar-refractivity contribution is 7.22. The number of aryl methyl sites for hydroxylation is 1. The molecule has 5 nitrogen and oxygen atoms in total. The highest BCUT2D eigenvalue weighted by Gasteiger charge is 2.34. The molecule has 1 fully saturated rings. The van der Waals surface area contributed by atoms with E-state index in [4.69, 9.17) is 0 Å². The molecule has 1 saturated heterocycles. The van der Waals surface area contributed by atoms with Gasteiger partial charge in [-0.05, 0) is 18.6 Å². The van der Waals surface area contributed by atoms with Gasteiger partial charge in [-0.2, -0.15) is 0 Å². The third-order valence-corrected chi connectivity index (χ3v) is 4.48. The zero-order valence-electron chi connectivity index (χ0n) is 11.3. The molecule has 104 valence electrons. The lowest BCUT2D eigenvalue weighted by Gasteiger charge is -2.37. The van der Waals surface area contributed by atoms with E-state index >= 15 is 0 Å². The van der Waals surface area contributed by atoms with Crippen LogP contribution in [0.15, 0.2) is 18.2 Å². The summed E-state index contributed by atoms with van der Waals surface area (Å²) in [7, 11) is 0. The predicted octanol–water partition coefficient (Wildman–Crippen LogP) is 2.02. The number of amides is 2. The Morgan fingerprint density at radius 3 is 2.80 bits per heavy atom. The Hall–Kier alpha value is -1.95. The molecule has 1 aromatic heterocycles. The third-order valence-electron chi connectivity index (χ3n) is 3.55. The Morgan fingerprint density at radius 1 is 1.40 bits per heavy atom. The lowest BCUT2D eigenvalue weighted by molar-refractivity contribution is -0.139. The van der Waals surface area contributed by atoms with Gasteiger partial charge in [0.05, 0.1) is 16.1 Å². The van der Waals surface area contributed by atoms with Crippen molar-refractivity contribution in [2.45, 2.75) is 13.8 Å². The molecule has 0 atom stereocenters. The molecule has 2 amide bonds. The predicted molar refractivity (Wildman–Crippen MR) is 78.7 cm³/mol. The van der Waals surface area contributed by atoms with Crippen LogP contribution in [0, 0.1) is 12.8 Å². The zero-order valence-corrected chi connectivity index (χ0v) is 12.2. The van der Waals surface area contributed by atoms with Crippen molar-refractivity contribution in [3.63, 3.8) is 0 Å². The molecule has 0 spiro atoms. The van der Waals surface area contributed by atoms with Crippen LogP contribution in [-0.4, -0.2) is 34.8 Å². The monoisotopic (exact) mass is 289 g/mol. The molecule has 1 aliphatic heterocycles. The molecule has 0 radical (unpaired) electrons. The van der Waals surface area contributed by atoms with Crippen molar-refractivity contribution in [2.75, 3.05) is 18.4 Å². The molecule has 0 bridgehead atoms. The standard InChI is InChI=1S/C14H15N3O2S/c1-8-4-3-5-11-12(8)15-14(20-11)16-13(19)10-6-17(7-10)9(2)18/h3-5,10H,6-7H2,1-2H3,(H,15,16,19). The van der Waals surface area contributed by atoms with Gasteiger partial charge in [-0.1, -0.05) is 23.5 Å². The maximum absolute atomic E-state index is 12.0. The Kier molecular flexibility index (Phi) is 3.17. The van der Waals surface area contributed by atoms with E-state index in [0.29, 0.717) is 18.2 Å². The second-order valence-electron chi connectivity index (χ2n) is 5.05. The van der Waals surface area contributed by atoms with Crippen LogP contribution in [0.3, 0.4) is 0 Å². The number of para-hydroxylation sites is 1. The van der Waals surface area contributed by atoms with Crippen molar-refractivity contribution in [1.29, 1.82) is 0 Å². The van der Waals surface area contributed by atoms with Crippen LogP contribution in [-0.2, 0) is 9.59 Å². The van der Waals surface area contributed by atoms with Crippen molar-refractivity contribution in [3.05, 3.63) is 23.8 Å². The first-order valence-corrected chi connectivity index (χ1v) is 7.29. The van der Waals surface area contributed by atoms with Crippen molar-refractivity contribution >= 4 is 38.5 Å². The van der Waals surface area contributed by atoms with Gasteiger partial charge in [-0.25, -0.2) is 4.98 Å². The second kappa shape index (κ2) is 4.86. The summed E-state index contributed by atoms with van der Waals surface area (Å²) in [5.41, 5.74) is 2.04. The molecule has 2 heterocycles. The molecule has 1 N–H and O–H groups in total. The van der Waals surface area contributed by atoms with Crippen LogP contribution < -0.4 is 5.32 Å². The van der Waals surface area contributed by atoms with Crippen molar-refractivity contribution in [2.24, 2.45) is 5.92 Å². The minimum atomic E-state index is -0.119. The number of likely N-dealkylation sites (tertiary alicyclic amines) is 1. The van der Waals surface area contributed by atoms with Gasteiger partial charge in [-0.3, -0.25) is 9.59 Å². The summed E-state index contributed by atoms with van der Waals surface area (Å²) in [5.74, 6) is -0.157. The maximum Gasteiger partial charge on any atom is 0.232 e. The number of hydrogen-bond acceptors (Lipinski definition) is 4. The highest BCUT2D eigenvalue weighted by Crippen LogP contribution is 2.28. The van der Waals surface area contributed by atoms with Crippen molar-refractivity contribution in [3.8, 4) is 0 Å². The Morgan fingerprint density at radius 2 is 2.15 bits per heavy atom. The SMILES string of the molecule is CC(=O)N1CC(C(=O)Nc2nc3c(C)cccc3s2)C1. The van der Waals surface area contributed by atoms with E-state index in [1.165, 1.54) is 18.3 Å². The van der Waals surface area contributed by atoms with Crippen LogP contribution in [0.2, 0.25) is 0 Å². The normalized spacial score (nSPS) is 15.2. The fourth-order valence-electron chi connectivity index (χ4n) is 2.25. The fraction of sp³-hybridized carbons (Fsp3) is 0.357. The molecule has 6 heteroatoms. The van der Waals surface area contributed by atoms with E-state index in [-0.39, 0.29) is 17.7 Å². The lowest BCUT2D eigenvalue weighted by atomic mass is 9.99. The number of anilines is 1. The minimum Gasteiger partial charge on any atom is -0.341 e. The number of nitrogens with zero attached hydrogens (tertiary/aromatic N) is 2. The van der Waals surface area contributed by atoms with Gasteiger partial charge < -0.3 is 10.2 Å². The van der Waals surface area contributed by atoms with Gasteiger partial charge in [-0.15, -0.1) is 0 Å². The highest BCUT2D eigenvalue weighted by atomic mass is 32.1. The van der Waals surface area contributed by atoms with Crippen LogP contribution in [0.4, 0.5) is 5.13 Å². The molecule has 0 aliphatic carbocycles. The third kappa shape index (κ3) is 2.27. The van der Waals surface area contributed by atoms with Gasteiger partial charge in [0.25, 0.3) is 0 Å². The topological polar surface area (TPSA) is 62.3 Å². The first kappa shape index (κ1) is 13.1. The fourth-order valence-corrected chi connectivity index (χ4v) is 3.20. The number of benzene rings is 1. The van der Waals surface area contributed by atoms with Crippen LogP contribution in [0.5, 0.6) is 0 Å². The Labute approximate surface area is 120 Å². The molecule has 3 rings (SSSR count). The van der Waals surface area contributed by atoms with Gasteiger partial charge >= 0.3 is 0 Å². The molecule has 2 aromatic rings. The first-order valence-electron chi connectivity index (χ1n) is 6.47. The number of nitrogens with one attached hydrogen (secondary N) is 1. The number of fused-ring (bicyclic) bond motifs is 1. The molecule has 0 saturated carbocycles. The van der Waals surface area contributed by atoms with Gasteiger partial charge in [0.1, 0.15) is 0 Å². The second-order valence-corrected chi connectivity index (χ2v) is 6.08. The summed E-state index contributed by atoms with van der Waals surface area (Å²) in [4.78, 5) is 29.2. The average Bonchev–Trinajstić information content (AvgIpc) is 2.70. The molecule has 20 heavy (non-hydrogen) atoms. The van der Waals surface area contributed by atoms with Gasteiger partial charge in [0, 0.05) is 20.0 Å². The number of rotatable bonds is 2. The van der Waals surface area contributed by atoms with Gasteiger partial charge in [0.2, 0.25) is 11.8 Å². The zero-order chi connectivity index (χ0) is 14.3. The number of aromatic nitrogens is 1. The smallest absolute Gasteiger partial charge is 0.232 e. The summed E-state index contributed by atoms with van der Waals surface area (Å²) in [5, 5.41) is 3.48. The van der Waals surface area contributed by atoms with Crippen LogP contribution >= 0.6 is 11.3 Å². The first-order chi connectivity index (χ1) is 9.54. The molecule has 0 unspecified atom stereocenters. The lowest BCUT2D eigenvalue weighted by Crippen LogP contribution is -2.53. The summed E-state index contributed by atoms with van der Waals surface area (Å²) >= 11 is 1.48. The van der Waals surface area contributed by atoms with Gasteiger partial charge in [0.15, 0.2) is 5.13 Å². The molecule has 1 aromatic carbocycles.